The summed E-state index contributed by atoms with van der Waals surface area (Å²) in [6.07, 6.45) is 0. The van der Waals surface area contributed by atoms with Crippen molar-refractivity contribution < 1.29 is 9.53 Å². The zero-order valence-electron chi connectivity index (χ0n) is 12.8. The van der Waals surface area contributed by atoms with Crippen LogP contribution >= 0.6 is 0 Å². The molecule has 0 saturated heterocycles. The number of rotatable bonds is 4. The maximum atomic E-state index is 12.1. The van der Waals surface area contributed by atoms with Crippen molar-refractivity contribution in [3.8, 4) is 22.6 Å². The van der Waals surface area contributed by atoms with E-state index in [4.69, 9.17) is 4.74 Å². The van der Waals surface area contributed by atoms with Crippen LogP contribution in [0, 0.1) is 0 Å². The van der Waals surface area contributed by atoms with Gasteiger partial charge in [0, 0.05) is 11.1 Å². The van der Waals surface area contributed by atoms with E-state index < -0.39 is 5.97 Å². The molecule has 0 aliphatic carbocycles. The van der Waals surface area contributed by atoms with Crippen molar-refractivity contribution in [3.05, 3.63) is 72.4 Å². The molecule has 0 radical (unpaired) electrons. The average molecular weight is 304 g/mol. The van der Waals surface area contributed by atoms with Gasteiger partial charge in [-0.3, -0.25) is 0 Å². The Kier molecular flexibility index (Phi) is 4.43. The predicted molar refractivity (Wildman–Crippen MR) is 88.9 cm³/mol. The molecule has 3 aromatic rings. The molecular formula is C19H16N2O2. The minimum atomic E-state index is -0.440. The summed E-state index contributed by atoms with van der Waals surface area (Å²) in [5.74, 6) is 0.0688. The molecule has 4 heteroatoms. The lowest BCUT2D eigenvalue weighted by molar-refractivity contribution is 0.0519. The fourth-order valence-electron chi connectivity index (χ4n) is 2.23. The zero-order valence-corrected chi connectivity index (χ0v) is 12.8. The van der Waals surface area contributed by atoms with Gasteiger partial charge in [-0.1, -0.05) is 60.7 Å². The lowest BCUT2D eigenvalue weighted by Gasteiger charge is -2.08. The molecule has 0 amide bonds. The molecule has 0 unspecified atom stereocenters. The van der Waals surface area contributed by atoms with Gasteiger partial charge in [0.2, 0.25) is 0 Å². The van der Waals surface area contributed by atoms with Crippen LogP contribution < -0.4 is 0 Å². The normalized spacial score (nSPS) is 10.3. The van der Waals surface area contributed by atoms with E-state index in [9.17, 15) is 4.79 Å². The van der Waals surface area contributed by atoms with Crippen molar-refractivity contribution in [2.45, 2.75) is 6.92 Å². The fourth-order valence-corrected chi connectivity index (χ4v) is 2.23. The third kappa shape index (κ3) is 3.43. The summed E-state index contributed by atoms with van der Waals surface area (Å²) in [5.41, 5.74) is 2.75. The highest BCUT2D eigenvalue weighted by atomic mass is 16.5. The number of esters is 1. The molecule has 0 fully saturated rings. The van der Waals surface area contributed by atoms with Crippen LogP contribution in [0.3, 0.4) is 0 Å². The maximum Gasteiger partial charge on any atom is 0.357 e. The number of nitrogens with zero attached hydrogens (tertiary/aromatic N) is 2. The molecule has 0 aliphatic rings. The van der Waals surface area contributed by atoms with Crippen molar-refractivity contribution in [2.24, 2.45) is 0 Å². The first-order valence-electron chi connectivity index (χ1n) is 7.45. The standard InChI is InChI=1S/C19H16N2O2/c1-2-23-19(22)17-13-16(14-9-5-3-6-10-14)20-18(21-17)15-11-7-4-8-12-15/h3-13H,2H2,1H3. The van der Waals surface area contributed by atoms with Crippen molar-refractivity contribution in [1.82, 2.24) is 9.97 Å². The maximum absolute atomic E-state index is 12.1. The number of hydrogen-bond donors (Lipinski definition) is 0. The van der Waals surface area contributed by atoms with Crippen LogP contribution in [0.5, 0.6) is 0 Å². The number of carbonyl (C=O) groups is 1. The summed E-state index contributed by atoms with van der Waals surface area (Å²) in [4.78, 5) is 21.1. The van der Waals surface area contributed by atoms with Crippen LogP contribution in [0.1, 0.15) is 17.4 Å². The van der Waals surface area contributed by atoms with Gasteiger partial charge >= 0.3 is 5.97 Å². The van der Waals surface area contributed by atoms with Crippen LogP contribution in [-0.4, -0.2) is 22.5 Å². The first kappa shape index (κ1) is 14.9. The Morgan fingerprint density at radius 2 is 1.52 bits per heavy atom. The first-order chi connectivity index (χ1) is 11.3. The van der Waals surface area contributed by atoms with E-state index in [1.807, 2.05) is 60.7 Å². The number of carbonyl (C=O) groups excluding carboxylic acids is 1. The van der Waals surface area contributed by atoms with E-state index in [0.29, 0.717) is 18.1 Å². The minimum absolute atomic E-state index is 0.263. The topological polar surface area (TPSA) is 52.1 Å². The molecule has 0 saturated carbocycles. The second kappa shape index (κ2) is 6.83. The predicted octanol–water partition coefficient (Wildman–Crippen LogP) is 3.99. The Bertz CT molecular complexity index is 744. The molecule has 0 atom stereocenters. The molecule has 0 N–H and O–H groups in total. The van der Waals surface area contributed by atoms with Crippen molar-refractivity contribution in [3.63, 3.8) is 0 Å². The van der Waals surface area contributed by atoms with Crippen molar-refractivity contribution in [2.75, 3.05) is 6.61 Å². The Balaban J connectivity index is 2.13. The molecule has 0 spiro atoms. The highest BCUT2D eigenvalue weighted by molar-refractivity contribution is 5.89. The minimum Gasteiger partial charge on any atom is -0.461 e. The van der Waals surface area contributed by atoms with Gasteiger partial charge in [0.1, 0.15) is 0 Å². The summed E-state index contributed by atoms with van der Waals surface area (Å²) in [6, 6.07) is 21.0. The molecule has 4 nitrogen and oxygen atoms in total. The lowest BCUT2D eigenvalue weighted by Crippen LogP contribution is -2.09. The molecule has 0 bridgehead atoms. The van der Waals surface area contributed by atoms with Gasteiger partial charge in [-0.15, -0.1) is 0 Å². The van der Waals surface area contributed by atoms with Gasteiger partial charge in [-0.05, 0) is 13.0 Å². The second-order valence-electron chi connectivity index (χ2n) is 4.91. The molecule has 23 heavy (non-hydrogen) atoms. The molecule has 114 valence electrons. The van der Waals surface area contributed by atoms with E-state index in [2.05, 4.69) is 9.97 Å². The summed E-state index contributed by atoms with van der Waals surface area (Å²) in [5, 5.41) is 0. The third-order valence-corrected chi connectivity index (χ3v) is 3.31. The smallest absolute Gasteiger partial charge is 0.357 e. The monoisotopic (exact) mass is 304 g/mol. The quantitative estimate of drug-likeness (QED) is 0.684. The van der Waals surface area contributed by atoms with Gasteiger partial charge in [0.25, 0.3) is 0 Å². The highest BCUT2D eigenvalue weighted by Gasteiger charge is 2.14. The van der Waals surface area contributed by atoms with Gasteiger partial charge in [-0.25, -0.2) is 14.8 Å². The van der Waals surface area contributed by atoms with E-state index in [1.54, 1.807) is 13.0 Å². The van der Waals surface area contributed by atoms with E-state index in [0.717, 1.165) is 11.1 Å². The van der Waals surface area contributed by atoms with Crippen LogP contribution in [0.2, 0.25) is 0 Å². The second-order valence-corrected chi connectivity index (χ2v) is 4.91. The molecule has 1 heterocycles. The van der Waals surface area contributed by atoms with Gasteiger partial charge < -0.3 is 4.74 Å². The van der Waals surface area contributed by atoms with E-state index in [1.165, 1.54) is 0 Å². The molecule has 2 aromatic carbocycles. The third-order valence-electron chi connectivity index (χ3n) is 3.31. The molecule has 1 aromatic heterocycles. The average Bonchev–Trinajstić information content (AvgIpc) is 2.63. The van der Waals surface area contributed by atoms with E-state index >= 15 is 0 Å². The Morgan fingerprint density at radius 1 is 0.913 bits per heavy atom. The van der Waals surface area contributed by atoms with Crippen LogP contribution in [0.4, 0.5) is 0 Å². The van der Waals surface area contributed by atoms with Crippen LogP contribution in [0.25, 0.3) is 22.6 Å². The van der Waals surface area contributed by atoms with Gasteiger partial charge in [0.05, 0.1) is 12.3 Å². The SMILES string of the molecule is CCOC(=O)c1cc(-c2ccccc2)nc(-c2ccccc2)n1. The number of benzene rings is 2. The summed E-state index contributed by atoms with van der Waals surface area (Å²) in [7, 11) is 0. The fraction of sp³-hybridized carbons (Fsp3) is 0.105. The van der Waals surface area contributed by atoms with Crippen LogP contribution in [-0.2, 0) is 4.74 Å². The Labute approximate surface area is 134 Å². The number of ether oxygens (including phenoxy) is 1. The highest BCUT2D eigenvalue weighted by Crippen LogP contribution is 2.22. The number of aromatic nitrogens is 2. The summed E-state index contributed by atoms with van der Waals surface area (Å²) < 4.78 is 5.08. The van der Waals surface area contributed by atoms with E-state index in [-0.39, 0.29) is 5.69 Å². The van der Waals surface area contributed by atoms with Gasteiger partial charge in [-0.2, -0.15) is 0 Å². The lowest BCUT2D eigenvalue weighted by atomic mass is 10.1. The first-order valence-corrected chi connectivity index (χ1v) is 7.45. The summed E-state index contributed by atoms with van der Waals surface area (Å²) in [6.45, 7) is 2.08. The van der Waals surface area contributed by atoms with Crippen molar-refractivity contribution >= 4 is 5.97 Å². The molecule has 0 aliphatic heterocycles. The zero-order chi connectivity index (χ0) is 16.1. The number of hydrogen-bond acceptors (Lipinski definition) is 4. The van der Waals surface area contributed by atoms with Gasteiger partial charge in [0.15, 0.2) is 11.5 Å². The molecular weight excluding hydrogens is 288 g/mol. The Hall–Kier alpha value is -3.01. The largest absolute Gasteiger partial charge is 0.461 e. The van der Waals surface area contributed by atoms with Crippen molar-refractivity contribution in [1.29, 1.82) is 0 Å². The molecule has 3 rings (SSSR count). The Morgan fingerprint density at radius 3 is 2.13 bits per heavy atom. The van der Waals surface area contributed by atoms with Crippen LogP contribution in [0.15, 0.2) is 66.7 Å². The summed E-state index contributed by atoms with van der Waals surface area (Å²) >= 11 is 0.